The average molecular weight is 209 g/mol. The van der Waals surface area contributed by atoms with Gasteiger partial charge >= 0.3 is 5.97 Å². The molecule has 3 nitrogen and oxygen atoms in total. The van der Waals surface area contributed by atoms with Gasteiger partial charge in [0.15, 0.2) is 0 Å². The zero-order valence-electron chi connectivity index (χ0n) is 8.24. The largest absolute Gasteiger partial charge is 0.478 e. The molecule has 0 radical (unpaired) electrons. The van der Waals surface area contributed by atoms with Gasteiger partial charge in [-0.05, 0) is 31.0 Å². The molecule has 1 aromatic rings. The number of benzene rings is 1. The second-order valence-corrected chi connectivity index (χ2v) is 3.70. The summed E-state index contributed by atoms with van der Waals surface area (Å²) in [5.74, 6) is -1.58. The third-order valence-electron chi connectivity index (χ3n) is 2.60. The second-order valence-electron chi connectivity index (χ2n) is 3.70. The summed E-state index contributed by atoms with van der Waals surface area (Å²) in [7, 11) is 0. The lowest BCUT2D eigenvalue weighted by Gasteiger charge is -2.17. The van der Waals surface area contributed by atoms with Gasteiger partial charge in [-0.2, -0.15) is 0 Å². The average Bonchev–Trinajstić information content (AvgIpc) is 2.69. The fourth-order valence-corrected chi connectivity index (χ4v) is 1.86. The molecule has 1 heterocycles. The summed E-state index contributed by atoms with van der Waals surface area (Å²) in [6.07, 6.45) is 2.16. The lowest BCUT2D eigenvalue weighted by Crippen LogP contribution is -2.18. The monoisotopic (exact) mass is 209 g/mol. The van der Waals surface area contributed by atoms with Crippen molar-refractivity contribution >= 4 is 11.7 Å². The molecule has 0 unspecified atom stereocenters. The van der Waals surface area contributed by atoms with Crippen LogP contribution < -0.4 is 4.90 Å². The predicted molar refractivity (Wildman–Crippen MR) is 54.8 cm³/mol. The van der Waals surface area contributed by atoms with Gasteiger partial charge in [-0.1, -0.05) is 0 Å². The van der Waals surface area contributed by atoms with Crippen molar-refractivity contribution in [3.8, 4) is 0 Å². The smallest absolute Gasteiger partial charge is 0.335 e. The standard InChI is InChI=1S/C11H12FNO2/c12-9-5-8(11(14)15)6-10(7-9)13-3-1-2-4-13/h5-7H,1-4H2,(H,14,15). The Hall–Kier alpha value is -1.58. The lowest BCUT2D eigenvalue weighted by molar-refractivity contribution is 0.0696. The number of rotatable bonds is 2. The zero-order chi connectivity index (χ0) is 10.8. The second kappa shape index (κ2) is 3.88. The van der Waals surface area contributed by atoms with Gasteiger partial charge in [0, 0.05) is 18.8 Å². The third-order valence-corrected chi connectivity index (χ3v) is 2.60. The van der Waals surface area contributed by atoms with Crippen molar-refractivity contribution in [3.63, 3.8) is 0 Å². The molecule has 0 spiro atoms. The molecule has 1 aromatic carbocycles. The van der Waals surface area contributed by atoms with Crippen LogP contribution in [0.3, 0.4) is 0 Å². The summed E-state index contributed by atoms with van der Waals surface area (Å²) >= 11 is 0. The molecular formula is C11H12FNO2. The minimum atomic E-state index is -1.09. The first-order chi connectivity index (χ1) is 7.16. The molecule has 1 aliphatic rings. The Labute approximate surface area is 87.1 Å². The molecule has 80 valence electrons. The van der Waals surface area contributed by atoms with Gasteiger partial charge in [0.2, 0.25) is 0 Å². The van der Waals surface area contributed by atoms with Crippen LogP contribution in [-0.4, -0.2) is 24.2 Å². The van der Waals surface area contributed by atoms with E-state index < -0.39 is 11.8 Å². The van der Waals surface area contributed by atoms with E-state index in [1.165, 1.54) is 12.1 Å². The van der Waals surface area contributed by atoms with Crippen LogP contribution in [0.2, 0.25) is 0 Å². The first-order valence-electron chi connectivity index (χ1n) is 4.95. The Morgan fingerprint density at radius 3 is 2.53 bits per heavy atom. The summed E-state index contributed by atoms with van der Waals surface area (Å²) in [6, 6.07) is 3.95. The van der Waals surface area contributed by atoms with Gasteiger partial charge in [0.05, 0.1) is 5.56 Å². The van der Waals surface area contributed by atoms with Crippen LogP contribution in [0.25, 0.3) is 0 Å². The number of carboxylic acid groups (broad SMARTS) is 1. The highest BCUT2D eigenvalue weighted by molar-refractivity contribution is 5.88. The van der Waals surface area contributed by atoms with Crippen LogP contribution >= 0.6 is 0 Å². The van der Waals surface area contributed by atoms with Gasteiger partial charge in [-0.3, -0.25) is 0 Å². The first kappa shape index (κ1) is 9.96. The molecule has 1 saturated heterocycles. The quantitative estimate of drug-likeness (QED) is 0.811. The molecule has 2 rings (SSSR count). The fourth-order valence-electron chi connectivity index (χ4n) is 1.86. The van der Waals surface area contributed by atoms with E-state index in [2.05, 4.69) is 0 Å². The van der Waals surface area contributed by atoms with Crippen molar-refractivity contribution in [3.05, 3.63) is 29.6 Å². The SMILES string of the molecule is O=C(O)c1cc(F)cc(N2CCCC2)c1. The van der Waals surface area contributed by atoms with Crippen LogP contribution in [0.5, 0.6) is 0 Å². The Morgan fingerprint density at radius 1 is 1.27 bits per heavy atom. The lowest BCUT2D eigenvalue weighted by atomic mass is 10.2. The predicted octanol–water partition coefficient (Wildman–Crippen LogP) is 2.12. The summed E-state index contributed by atoms with van der Waals surface area (Å²) in [5, 5.41) is 8.79. The number of nitrogens with zero attached hydrogens (tertiary/aromatic N) is 1. The van der Waals surface area contributed by atoms with E-state index in [0.717, 1.165) is 32.0 Å². The van der Waals surface area contributed by atoms with Gasteiger partial charge in [0.1, 0.15) is 5.82 Å². The summed E-state index contributed by atoms with van der Waals surface area (Å²) in [5.41, 5.74) is 0.682. The highest BCUT2D eigenvalue weighted by Crippen LogP contribution is 2.22. The number of hydrogen-bond acceptors (Lipinski definition) is 2. The van der Waals surface area contributed by atoms with Crippen molar-refractivity contribution in [2.45, 2.75) is 12.8 Å². The minimum Gasteiger partial charge on any atom is -0.478 e. The van der Waals surface area contributed by atoms with E-state index in [1.807, 2.05) is 4.90 Å². The molecule has 0 saturated carbocycles. The van der Waals surface area contributed by atoms with E-state index in [0.29, 0.717) is 5.69 Å². The van der Waals surface area contributed by atoms with Crippen molar-refractivity contribution in [1.29, 1.82) is 0 Å². The van der Waals surface area contributed by atoms with Gasteiger partial charge in [-0.25, -0.2) is 9.18 Å². The molecule has 4 heteroatoms. The number of aromatic carboxylic acids is 1. The van der Waals surface area contributed by atoms with Crippen LogP contribution in [0.15, 0.2) is 18.2 Å². The Bertz CT molecular complexity index is 386. The Kier molecular flexibility index (Phi) is 2.58. The molecule has 1 aliphatic heterocycles. The molecule has 0 bridgehead atoms. The van der Waals surface area contributed by atoms with Crippen molar-refractivity contribution in [1.82, 2.24) is 0 Å². The van der Waals surface area contributed by atoms with E-state index in [1.54, 1.807) is 0 Å². The number of carbonyl (C=O) groups is 1. The van der Waals surface area contributed by atoms with Crippen molar-refractivity contribution < 1.29 is 14.3 Å². The third kappa shape index (κ3) is 2.09. The highest BCUT2D eigenvalue weighted by atomic mass is 19.1. The van der Waals surface area contributed by atoms with E-state index in [9.17, 15) is 9.18 Å². The Morgan fingerprint density at radius 2 is 1.93 bits per heavy atom. The maximum atomic E-state index is 13.2. The molecule has 15 heavy (non-hydrogen) atoms. The van der Waals surface area contributed by atoms with Gasteiger partial charge in [0.25, 0.3) is 0 Å². The molecule has 0 atom stereocenters. The summed E-state index contributed by atoms with van der Waals surface area (Å²) < 4.78 is 13.2. The first-order valence-corrected chi connectivity index (χ1v) is 4.95. The van der Waals surface area contributed by atoms with Crippen LogP contribution in [-0.2, 0) is 0 Å². The summed E-state index contributed by atoms with van der Waals surface area (Å²) in [6.45, 7) is 1.75. The minimum absolute atomic E-state index is 0.0110. The van der Waals surface area contributed by atoms with E-state index in [4.69, 9.17) is 5.11 Å². The van der Waals surface area contributed by atoms with Crippen molar-refractivity contribution in [2.75, 3.05) is 18.0 Å². The normalized spacial score (nSPS) is 15.7. The number of halogens is 1. The highest BCUT2D eigenvalue weighted by Gasteiger charge is 2.15. The molecule has 1 fully saturated rings. The van der Waals surface area contributed by atoms with E-state index in [-0.39, 0.29) is 5.56 Å². The molecule has 1 N–H and O–H groups in total. The molecular weight excluding hydrogens is 197 g/mol. The van der Waals surface area contributed by atoms with Crippen molar-refractivity contribution in [2.24, 2.45) is 0 Å². The number of hydrogen-bond donors (Lipinski definition) is 1. The molecule has 0 aliphatic carbocycles. The maximum Gasteiger partial charge on any atom is 0.335 e. The maximum absolute atomic E-state index is 13.2. The molecule has 0 aromatic heterocycles. The van der Waals surface area contributed by atoms with Gasteiger partial charge in [-0.15, -0.1) is 0 Å². The van der Waals surface area contributed by atoms with Crippen LogP contribution in [0.1, 0.15) is 23.2 Å². The molecule has 0 amide bonds. The number of anilines is 1. The van der Waals surface area contributed by atoms with E-state index >= 15 is 0 Å². The van der Waals surface area contributed by atoms with Gasteiger partial charge < -0.3 is 10.0 Å². The van der Waals surface area contributed by atoms with Crippen LogP contribution in [0, 0.1) is 5.82 Å². The topological polar surface area (TPSA) is 40.5 Å². The Balaban J connectivity index is 2.34. The number of carboxylic acids is 1. The zero-order valence-corrected chi connectivity index (χ0v) is 8.24. The van der Waals surface area contributed by atoms with Crippen LogP contribution in [0.4, 0.5) is 10.1 Å². The fraction of sp³-hybridized carbons (Fsp3) is 0.364. The summed E-state index contributed by atoms with van der Waals surface area (Å²) in [4.78, 5) is 12.7.